The molecule has 26 heavy (non-hydrogen) atoms. The molecule has 1 aliphatic heterocycles. The second-order valence-electron chi connectivity index (χ2n) is 6.60. The summed E-state index contributed by atoms with van der Waals surface area (Å²) < 4.78 is 10.7. The second-order valence-corrected chi connectivity index (χ2v) is 7.63. The van der Waals surface area contributed by atoms with Crippen molar-refractivity contribution in [2.45, 2.75) is 38.5 Å². The van der Waals surface area contributed by atoms with Gasteiger partial charge in [0.05, 0.1) is 0 Å². The van der Waals surface area contributed by atoms with E-state index in [1.54, 1.807) is 6.33 Å². The third-order valence-electron chi connectivity index (χ3n) is 4.68. The molecule has 2 aliphatic rings. The summed E-state index contributed by atoms with van der Waals surface area (Å²) in [5.74, 6) is 1.04. The van der Waals surface area contributed by atoms with Gasteiger partial charge in [-0.15, -0.1) is 15.3 Å². The highest BCUT2D eigenvalue weighted by Gasteiger charge is 2.20. The topological polar surface area (TPSA) is 136 Å². The highest BCUT2D eigenvalue weighted by Crippen LogP contribution is 2.28. The van der Waals surface area contributed by atoms with Crippen molar-refractivity contribution in [3.8, 4) is 0 Å². The fraction of sp³-hybridized carbons (Fsp3) is 0.667. The monoisotopic (exact) mass is 384 g/mol. The van der Waals surface area contributed by atoms with Crippen molar-refractivity contribution in [1.29, 1.82) is 0 Å². The van der Waals surface area contributed by atoms with Crippen molar-refractivity contribution in [2.75, 3.05) is 31.5 Å². The second kappa shape index (κ2) is 8.41. The fourth-order valence-corrected chi connectivity index (χ4v) is 3.56. The molecule has 0 saturated carbocycles. The van der Waals surface area contributed by atoms with Gasteiger partial charge in [-0.25, -0.2) is 4.57 Å². The summed E-state index contributed by atoms with van der Waals surface area (Å²) in [5, 5.41) is 16.5. The Morgan fingerprint density at radius 2 is 1.73 bits per heavy atom. The molecule has 4 N–H and O–H groups in total. The van der Waals surface area contributed by atoms with Gasteiger partial charge in [0, 0.05) is 24.2 Å². The Bertz CT molecular complexity index is 778. The van der Waals surface area contributed by atoms with Crippen LogP contribution in [0.3, 0.4) is 0 Å². The maximum absolute atomic E-state index is 8.88. The van der Waals surface area contributed by atoms with E-state index in [-0.39, 0.29) is 0 Å². The number of nitrogens with zero attached hydrogens (tertiary/aromatic N) is 5. The van der Waals surface area contributed by atoms with Crippen LogP contribution in [0.5, 0.6) is 0 Å². The van der Waals surface area contributed by atoms with Crippen molar-refractivity contribution >= 4 is 19.3 Å². The molecule has 11 heteroatoms. The minimum atomic E-state index is -4.64. The first kappa shape index (κ1) is 19.2. The van der Waals surface area contributed by atoms with E-state index in [2.05, 4.69) is 25.5 Å². The van der Waals surface area contributed by atoms with Gasteiger partial charge in [-0.05, 0) is 51.6 Å². The Kier molecular flexibility index (Phi) is 6.20. The molecule has 0 spiro atoms. The summed E-state index contributed by atoms with van der Waals surface area (Å²) >= 11 is 0. The lowest BCUT2D eigenvalue weighted by molar-refractivity contribution is 0.275. The van der Waals surface area contributed by atoms with Crippen LogP contribution in [0.15, 0.2) is 6.33 Å². The van der Waals surface area contributed by atoms with Gasteiger partial charge >= 0.3 is 7.82 Å². The summed E-state index contributed by atoms with van der Waals surface area (Å²) in [6.45, 7) is 4.57. The van der Waals surface area contributed by atoms with Crippen LogP contribution < -0.4 is 5.32 Å². The van der Waals surface area contributed by atoms with Gasteiger partial charge in [0.2, 0.25) is 0 Å². The van der Waals surface area contributed by atoms with Crippen molar-refractivity contribution in [1.82, 2.24) is 24.7 Å². The summed E-state index contributed by atoms with van der Waals surface area (Å²) in [6, 6.07) is 0. The zero-order valence-corrected chi connectivity index (χ0v) is 15.5. The average Bonchev–Trinajstić information content (AvgIpc) is 3.24. The maximum atomic E-state index is 8.88. The van der Waals surface area contributed by atoms with Crippen molar-refractivity contribution in [3.63, 3.8) is 0 Å². The molecule has 1 saturated heterocycles. The van der Waals surface area contributed by atoms with Crippen molar-refractivity contribution in [3.05, 3.63) is 17.5 Å². The van der Waals surface area contributed by atoms with E-state index in [0.29, 0.717) is 0 Å². The summed E-state index contributed by atoms with van der Waals surface area (Å²) in [6.07, 6.45) is 9.10. The Morgan fingerprint density at radius 1 is 1.08 bits per heavy atom. The first-order valence-electron chi connectivity index (χ1n) is 8.88. The molecule has 4 rings (SSSR count). The molecule has 2 aromatic rings. The molecule has 0 amide bonds. The standard InChI is InChI=1S/C15H22N6.H3O4P/c1-2-6-13-12(5-1)14(19-21-11-17-18-15(13)21)16-7-10-20-8-3-4-9-20;1-5(2,3)4/h11H,1-10H2,(H,16,19);(H3,1,2,3,4). The van der Waals surface area contributed by atoms with E-state index in [1.165, 1.54) is 49.9 Å². The number of nitrogens with one attached hydrogen (secondary N) is 1. The van der Waals surface area contributed by atoms with Crippen molar-refractivity contribution < 1.29 is 19.2 Å². The molecule has 0 aromatic carbocycles. The lowest BCUT2D eigenvalue weighted by Crippen LogP contribution is -2.27. The van der Waals surface area contributed by atoms with Crippen LogP contribution in [0, 0.1) is 0 Å². The lowest BCUT2D eigenvalue weighted by Gasteiger charge is -2.21. The van der Waals surface area contributed by atoms with Gasteiger partial charge in [0.1, 0.15) is 6.33 Å². The normalized spacial score (nSPS) is 17.7. The van der Waals surface area contributed by atoms with Crippen LogP contribution in [0.25, 0.3) is 5.65 Å². The number of hydrogen-bond acceptors (Lipinski definition) is 6. The first-order chi connectivity index (χ1) is 12.4. The third kappa shape index (κ3) is 5.21. The molecule has 144 valence electrons. The number of aromatic nitrogens is 4. The van der Waals surface area contributed by atoms with E-state index in [9.17, 15) is 0 Å². The predicted octanol–water partition coefficient (Wildman–Crippen LogP) is 0.582. The van der Waals surface area contributed by atoms with Crippen LogP contribution >= 0.6 is 7.82 Å². The van der Waals surface area contributed by atoms with Crippen LogP contribution in [-0.2, 0) is 17.4 Å². The maximum Gasteiger partial charge on any atom is 0.466 e. The van der Waals surface area contributed by atoms with Crippen LogP contribution in [-0.4, -0.2) is 65.6 Å². The molecule has 0 atom stereocenters. The minimum absolute atomic E-state index is 0.940. The number of aryl methyl sites for hydroxylation is 1. The van der Waals surface area contributed by atoms with Gasteiger partial charge in [-0.2, -0.15) is 4.52 Å². The van der Waals surface area contributed by atoms with E-state index in [4.69, 9.17) is 19.2 Å². The highest BCUT2D eigenvalue weighted by atomic mass is 31.2. The quantitative estimate of drug-likeness (QED) is 0.558. The summed E-state index contributed by atoms with van der Waals surface area (Å²) in [5.41, 5.74) is 3.65. The summed E-state index contributed by atoms with van der Waals surface area (Å²) in [7, 11) is -4.64. The molecular weight excluding hydrogens is 359 g/mol. The van der Waals surface area contributed by atoms with Gasteiger partial charge in [0.15, 0.2) is 11.5 Å². The van der Waals surface area contributed by atoms with Crippen LogP contribution in [0.1, 0.15) is 36.8 Å². The lowest BCUT2D eigenvalue weighted by atomic mass is 9.93. The Balaban J connectivity index is 0.000000349. The Hall–Kier alpha value is -1.58. The number of hydrogen-bond donors (Lipinski definition) is 4. The molecule has 1 fully saturated rings. The van der Waals surface area contributed by atoms with Crippen LogP contribution in [0.2, 0.25) is 0 Å². The Morgan fingerprint density at radius 3 is 2.42 bits per heavy atom. The number of fused-ring (bicyclic) bond motifs is 3. The van der Waals surface area contributed by atoms with Gasteiger partial charge < -0.3 is 24.9 Å². The molecule has 10 nitrogen and oxygen atoms in total. The molecule has 0 unspecified atom stereocenters. The van der Waals surface area contributed by atoms with Crippen LogP contribution in [0.4, 0.5) is 5.82 Å². The first-order valence-corrected chi connectivity index (χ1v) is 10.4. The molecule has 1 aliphatic carbocycles. The number of likely N-dealkylation sites (tertiary alicyclic amines) is 1. The van der Waals surface area contributed by atoms with Gasteiger partial charge in [-0.3, -0.25) is 0 Å². The van der Waals surface area contributed by atoms with E-state index in [1.807, 2.05) is 4.52 Å². The van der Waals surface area contributed by atoms with Crippen molar-refractivity contribution in [2.24, 2.45) is 0 Å². The molecule has 3 heterocycles. The minimum Gasteiger partial charge on any atom is -0.367 e. The largest absolute Gasteiger partial charge is 0.466 e. The summed E-state index contributed by atoms with van der Waals surface area (Å²) in [4.78, 5) is 24.1. The molecule has 0 radical (unpaired) electrons. The van der Waals surface area contributed by atoms with E-state index < -0.39 is 7.82 Å². The average molecular weight is 384 g/mol. The zero-order chi connectivity index (χ0) is 18.6. The smallest absolute Gasteiger partial charge is 0.367 e. The predicted molar refractivity (Wildman–Crippen MR) is 95.9 cm³/mol. The number of rotatable bonds is 4. The highest BCUT2D eigenvalue weighted by molar-refractivity contribution is 7.45. The fourth-order valence-electron chi connectivity index (χ4n) is 3.56. The van der Waals surface area contributed by atoms with E-state index in [0.717, 1.165) is 37.4 Å². The Labute approximate surface area is 151 Å². The zero-order valence-electron chi connectivity index (χ0n) is 14.6. The SMILES string of the molecule is O=P(O)(O)O.c1nnc2c3c(c(NCCN4CCCC4)nn12)CCCC3. The third-order valence-corrected chi connectivity index (χ3v) is 4.68. The number of phosphoric acid groups is 1. The van der Waals surface area contributed by atoms with Gasteiger partial charge in [0.25, 0.3) is 0 Å². The molecule has 2 aromatic heterocycles. The molecule has 0 bridgehead atoms. The van der Waals surface area contributed by atoms with Gasteiger partial charge in [-0.1, -0.05) is 0 Å². The molecular formula is C15H25N6O4P. The number of anilines is 1. The van der Waals surface area contributed by atoms with E-state index >= 15 is 0 Å².